The third-order valence-electron chi connectivity index (χ3n) is 3.11. The highest BCUT2D eigenvalue weighted by Gasteiger charge is 2.23. The molecule has 1 rings (SSSR count). The van der Waals surface area contributed by atoms with Gasteiger partial charge in [0.15, 0.2) is 0 Å². The highest BCUT2D eigenvalue weighted by molar-refractivity contribution is 5.73. The number of nitrogens with two attached hydrogens (primary N) is 1. The number of carboxylic acid groups (broad SMARTS) is 1. The Balaban J connectivity index is 2.33. The minimum atomic E-state index is -0.922. The fourth-order valence-electron chi connectivity index (χ4n) is 1.97. The number of aliphatic carboxylic acids is 1. The lowest BCUT2D eigenvalue weighted by Gasteiger charge is -2.35. The van der Waals surface area contributed by atoms with Crippen molar-refractivity contribution in [2.75, 3.05) is 33.7 Å². The largest absolute Gasteiger partial charge is 0.480 e. The molecule has 1 aliphatic rings. The molecule has 0 aliphatic carbocycles. The van der Waals surface area contributed by atoms with Gasteiger partial charge < -0.3 is 20.6 Å². The summed E-state index contributed by atoms with van der Waals surface area (Å²) in [6.45, 7) is 2.60. The normalized spacial score (nSPS) is 21.9. The first-order valence-corrected chi connectivity index (χ1v) is 5.38. The van der Waals surface area contributed by atoms with Gasteiger partial charge >= 0.3 is 5.97 Å². The van der Waals surface area contributed by atoms with Crippen LogP contribution < -0.4 is 5.73 Å². The van der Waals surface area contributed by atoms with Gasteiger partial charge in [0.05, 0.1) is 0 Å². The number of likely N-dealkylation sites (tertiary alicyclic amines) is 1. The van der Waals surface area contributed by atoms with Crippen LogP contribution in [0.2, 0.25) is 0 Å². The molecule has 0 aromatic carbocycles. The van der Waals surface area contributed by atoms with Crippen molar-refractivity contribution < 1.29 is 9.90 Å². The van der Waals surface area contributed by atoms with Crippen LogP contribution in [0.4, 0.5) is 0 Å². The van der Waals surface area contributed by atoms with Crippen LogP contribution in [0.25, 0.3) is 0 Å². The van der Waals surface area contributed by atoms with E-state index in [0.29, 0.717) is 12.6 Å². The second kappa shape index (κ2) is 5.44. The molecule has 0 amide bonds. The van der Waals surface area contributed by atoms with Gasteiger partial charge in [0.2, 0.25) is 0 Å². The van der Waals surface area contributed by atoms with E-state index in [4.69, 9.17) is 10.8 Å². The summed E-state index contributed by atoms with van der Waals surface area (Å²) >= 11 is 0. The Morgan fingerprint density at radius 1 is 1.60 bits per heavy atom. The van der Waals surface area contributed by atoms with Crippen molar-refractivity contribution in [1.82, 2.24) is 9.80 Å². The van der Waals surface area contributed by atoms with Gasteiger partial charge in [-0.1, -0.05) is 0 Å². The maximum atomic E-state index is 10.6. The average molecular weight is 215 g/mol. The number of likely N-dealkylation sites (N-methyl/N-ethyl adjacent to an activating group) is 1. The molecule has 0 spiro atoms. The summed E-state index contributed by atoms with van der Waals surface area (Å²) < 4.78 is 0. The Bertz CT molecular complexity index is 215. The molecule has 0 saturated carbocycles. The fourth-order valence-corrected chi connectivity index (χ4v) is 1.97. The standard InChI is InChI=1S/C10H21N3O2/c1-12-5-3-8(4-6-12)13(2)7-9(11)10(14)15/h8-9H,3-7,11H2,1-2H3,(H,14,15). The van der Waals surface area contributed by atoms with Crippen LogP contribution in [0.15, 0.2) is 0 Å². The van der Waals surface area contributed by atoms with Crippen LogP contribution in [0.3, 0.4) is 0 Å². The quantitative estimate of drug-likeness (QED) is 0.657. The molecule has 5 heteroatoms. The second-order valence-electron chi connectivity index (χ2n) is 4.42. The predicted octanol–water partition coefficient (Wildman–Crippen LogP) is -0.576. The zero-order valence-corrected chi connectivity index (χ0v) is 9.52. The number of carbonyl (C=O) groups is 1. The first-order chi connectivity index (χ1) is 7.00. The van der Waals surface area contributed by atoms with Crippen LogP contribution in [-0.2, 0) is 4.79 Å². The molecule has 0 bridgehead atoms. The SMILES string of the molecule is CN1CCC(N(C)CC(N)C(=O)O)CC1. The van der Waals surface area contributed by atoms with Crippen LogP contribution in [0, 0.1) is 0 Å². The van der Waals surface area contributed by atoms with Crippen molar-refractivity contribution in [3.05, 3.63) is 0 Å². The molecule has 5 nitrogen and oxygen atoms in total. The van der Waals surface area contributed by atoms with Crippen LogP contribution in [0.5, 0.6) is 0 Å². The number of hydrogen-bond donors (Lipinski definition) is 2. The average Bonchev–Trinajstić information content (AvgIpc) is 2.18. The maximum Gasteiger partial charge on any atom is 0.321 e. The van der Waals surface area contributed by atoms with E-state index in [1.54, 1.807) is 0 Å². The van der Waals surface area contributed by atoms with E-state index in [2.05, 4.69) is 16.8 Å². The van der Waals surface area contributed by atoms with E-state index in [-0.39, 0.29) is 0 Å². The highest BCUT2D eigenvalue weighted by Crippen LogP contribution is 2.13. The molecule has 0 aromatic heterocycles. The van der Waals surface area contributed by atoms with Crippen molar-refractivity contribution in [2.45, 2.75) is 24.9 Å². The summed E-state index contributed by atoms with van der Waals surface area (Å²) in [5.41, 5.74) is 5.50. The van der Waals surface area contributed by atoms with Crippen molar-refractivity contribution in [3.8, 4) is 0 Å². The van der Waals surface area contributed by atoms with Gasteiger partial charge in [-0.25, -0.2) is 0 Å². The van der Waals surface area contributed by atoms with E-state index in [9.17, 15) is 4.79 Å². The minimum absolute atomic E-state index is 0.434. The molecule has 3 N–H and O–H groups in total. The smallest absolute Gasteiger partial charge is 0.321 e. The lowest BCUT2D eigenvalue weighted by Crippen LogP contribution is -2.48. The third-order valence-corrected chi connectivity index (χ3v) is 3.11. The summed E-state index contributed by atoms with van der Waals surface area (Å²) in [6, 6.07) is -0.291. The van der Waals surface area contributed by atoms with E-state index in [1.807, 2.05) is 7.05 Å². The Labute approximate surface area is 90.8 Å². The summed E-state index contributed by atoms with van der Waals surface area (Å²) in [6.07, 6.45) is 2.19. The molecular formula is C10H21N3O2. The third kappa shape index (κ3) is 3.77. The van der Waals surface area contributed by atoms with Crippen molar-refractivity contribution in [2.24, 2.45) is 5.73 Å². The number of carboxylic acids is 1. The number of piperidine rings is 1. The Morgan fingerprint density at radius 3 is 2.60 bits per heavy atom. The van der Waals surface area contributed by atoms with Crippen LogP contribution >= 0.6 is 0 Å². The Kier molecular flexibility index (Phi) is 4.50. The van der Waals surface area contributed by atoms with Gasteiger partial charge in [0.1, 0.15) is 6.04 Å². The van der Waals surface area contributed by atoms with Gasteiger partial charge in [-0.2, -0.15) is 0 Å². The van der Waals surface area contributed by atoms with Gasteiger partial charge in [0, 0.05) is 12.6 Å². The molecule has 1 fully saturated rings. The van der Waals surface area contributed by atoms with Gasteiger partial charge in [-0.3, -0.25) is 4.79 Å². The van der Waals surface area contributed by atoms with Crippen molar-refractivity contribution in [3.63, 3.8) is 0 Å². The maximum absolute atomic E-state index is 10.6. The molecule has 1 atom stereocenters. The van der Waals surface area contributed by atoms with Crippen molar-refractivity contribution >= 4 is 5.97 Å². The summed E-state index contributed by atoms with van der Waals surface area (Å²) in [5.74, 6) is -0.922. The molecule has 1 aliphatic heterocycles. The molecule has 88 valence electrons. The fraction of sp³-hybridized carbons (Fsp3) is 0.900. The van der Waals surface area contributed by atoms with Gasteiger partial charge in [-0.15, -0.1) is 0 Å². The molecular weight excluding hydrogens is 194 g/mol. The van der Waals surface area contributed by atoms with Crippen LogP contribution in [-0.4, -0.2) is 66.7 Å². The summed E-state index contributed by atoms with van der Waals surface area (Å²) in [7, 11) is 4.07. The zero-order valence-electron chi connectivity index (χ0n) is 9.52. The summed E-state index contributed by atoms with van der Waals surface area (Å²) in [4.78, 5) is 15.0. The first kappa shape index (κ1) is 12.4. The molecule has 1 unspecified atom stereocenters. The summed E-state index contributed by atoms with van der Waals surface area (Å²) in [5, 5.41) is 8.71. The topological polar surface area (TPSA) is 69.8 Å². The monoisotopic (exact) mass is 215 g/mol. The highest BCUT2D eigenvalue weighted by atomic mass is 16.4. The Morgan fingerprint density at radius 2 is 2.13 bits per heavy atom. The minimum Gasteiger partial charge on any atom is -0.480 e. The molecule has 15 heavy (non-hydrogen) atoms. The van der Waals surface area contributed by atoms with Crippen molar-refractivity contribution in [1.29, 1.82) is 0 Å². The number of hydrogen-bond acceptors (Lipinski definition) is 4. The van der Waals surface area contributed by atoms with E-state index in [1.165, 1.54) is 0 Å². The van der Waals surface area contributed by atoms with Gasteiger partial charge in [0.25, 0.3) is 0 Å². The van der Waals surface area contributed by atoms with E-state index >= 15 is 0 Å². The zero-order chi connectivity index (χ0) is 11.4. The Hall–Kier alpha value is -0.650. The predicted molar refractivity (Wildman–Crippen MR) is 58.8 cm³/mol. The lowest BCUT2D eigenvalue weighted by atomic mass is 10.0. The number of nitrogens with zero attached hydrogens (tertiary/aromatic N) is 2. The first-order valence-electron chi connectivity index (χ1n) is 5.38. The van der Waals surface area contributed by atoms with Crippen LogP contribution in [0.1, 0.15) is 12.8 Å². The molecule has 0 aromatic rings. The number of rotatable bonds is 4. The molecule has 0 radical (unpaired) electrons. The molecule has 1 heterocycles. The molecule has 1 saturated heterocycles. The second-order valence-corrected chi connectivity index (χ2v) is 4.42. The van der Waals surface area contributed by atoms with Gasteiger partial charge in [-0.05, 0) is 40.0 Å². The van der Waals surface area contributed by atoms with E-state index < -0.39 is 12.0 Å². The van der Waals surface area contributed by atoms with E-state index in [0.717, 1.165) is 25.9 Å². The lowest BCUT2D eigenvalue weighted by molar-refractivity contribution is -0.139.